The summed E-state index contributed by atoms with van der Waals surface area (Å²) in [6.07, 6.45) is 0. The van der Waals surface area contributed by atoms with E-state index in [0.29, 0.717) is 5.75 Å². The first-order valence-electron chi connectivity index (χ1n) is 10.2. The summed E-state index contributed by atoms with van der Waals surface area (Å²) in [5.41, 5.74) is 2.87. The third-order valence-corrected chi connectivity index (χ3v) is 4.95. The van der Waals surface area contributed by atoms with E-state index in [-0.39, 0.29) is 35.1 Å². The molecule has 0 saturated heterocycles. The number of esters is 1. The number of nitro groups is 1. The lowest BCUT2D eigenvalue weighted by molar-refractivity contribution is -0.384. The van der Waals surface area contributed by atoms with Crippen molar-refractivity contribution in [2.45, 2.75) is 27.7 Å². The van der Waals surface area contributed by atoms with Crippen molar-refractivity contribution in [2.75, 3.05) is 11.9 Å². The first kappa shape index (κ1) is 23.5. The van der Waals surface area contributed by atoms with Crippen molar-refractivity contribution < 1.29 is 24.0 Å². The Morgan fingerprint density at radius 3 is 2.52 bits per heavy atom. The standard InChI is InChI=1S/C23H24N4O6/c1-6-32-23(29)20-12-19(25-26(20)5)22(28)24-16-9-17(27(30)31)11-18(10-16)33-21-8-13(2)7-14(3)15(21)4/h7-12H,6H2,1-5H3,(H,24,28). The average Bonchev–Trinajstić information content (AvgIpc) is 3.13. The van der Waals surface area contributed by atoms with Crippen LogP contribution in [0.1, 0.15) is 44.6 Å². The first-order chi connectivity index (χ1) is 15.6. The first-order valence-corrected chi connectivity index (χ1v) is 10.2. The highest BCUT2D eigenvalue weighted by Crippen LogP contribution is 2.33. The molecular weight excluding hydrogens is 428 g/mol. The third kappa shape index (κ3) is 5.35. The molecule has 1 N–H and O–H groups in total. The normalized spacial score (nSPS) is 10.6. The number of aromatic nitrogens is 2. The van der Waals surface area contributed by atoms with E-state index in [4.69, 9.17) is 9.47 Å². The van der Waals surface area contributed by atoms with Crippen LogP contribution in [0.25, 0.3) is 0 Å². The summed E-state index contributed by atoms with van der Waals surface area (Å²) < 4.78 is 12.1. The molecule has 0 saturated carbocycles. The van der Waals surface area contributed by atoms with Crippen molar-refractivity contribution in [3.63, 3.8) is 0 Å². The van der Waals surface area contributed by atoms with Gasteiger partial charge in [-0.3, -0.25) is 19.6 Å². The zero-order valence-corrected chi connectivity index (χ0v) is 19.0. The van der Waals surface area contributed by atoms with Gasteiger partial charge in [-0.15, -0.1) is 0 Å². The fourth-order valence-corrected chi connectivity index (χ4v) is 3.22. The van der Waals surface area contributed by atoms with Crippen molar-refractivity contribution in [3.05, 3.63) is 74.6 Å². The number of nitro benzene ring substituents is 1. The van der Waals surface area contributed by atoms with Crippen LogP contribution in [0.2, 0.25) is 0 Å². The van der Waals surface area contributed by atoms with Crippen LogP contribution in [0.5, 0.6) is 11.5 Å². The molecule has 1 heterocycles. The maximum Gasteiger partial charge on any atom is 0.356 e. The lowest BCUT2D eigenvalue weighted by Gasteiger charge is -2.13. The molecule has 10 heteroatoms. The number of carbonyl (C=O) groups excluding carboxylic acids is 2. The summed E-state index contributed by atoms with van der Waals surface area (Å²) in [5.74, 6) is -0.494. The molecule has 2 aromatic carbocycles. The summed E-state index contributed by atoms with van der Waals surface area (Å²) in [5, 5.41) is 18.0. The van der Waals surface area contributed by atoms with E-state index in [1.807, 2.05) is 32.9 Å². The van der Waals surface area contributed by atoms with Crippen molar-refractivity contribution in [3.8, 4) is 11.5 Å². The number of carbonyl (C=O) groups is 2. The van der Waals surface area contributed by atoms with Crippen LogP contribution < -0.4 is 10.1 Å². The molecule has 0 bridgehead atoms. The minimum absolute atomic E-state index is 0.0420. The van der Waals surface area contributed by atoms with E-state index in [0.717, 1.165) is 16.7 Å². The molecule has 10 nitrogen and oxygen atoms in total. The number of ether oxygens (including phenoxy) is 2. The van der Waals surface area contributed by atoms with Crippen molar-refractivity contribution in [1.82, 2.24) is 9.78 Å². The number of aryl methyl sites for hydroxylation is 3. The van der Waals surface area contributed by atoms with Gasteiger partial charge in [-0.2, -0.15) is 5.10 Å². The van der Waals surface area contributed by atoms with E-state index in [2.05, 4.69) is 10.4 Å². The van der Waals surface area contributed by atoms with Gasteiger partial charge in [0, 0.05) is 25.2 Å². The summed E-state index contributed by atoms with van der Waals surface area (Å²) in [6, 6.07) is 9.13. The molecule has 1 aromatic heterocycles. The van der Waals surface area contributed by atoms with Gasteiger partial charge in [0.2, 0.25) is 0 Å². The average molecular weight is 452 g/mol. The number of rotatable bonds is 7. The Labute approximate surface area is 190 Å². The molecule has 1 amide bonds. The van der Waals surface area contributed by atoms with E-state index in [9.17, 15) is 19.7 Å². The largest absolute Gasteiger partial charge is 0.461 e. The van der Waals surface area contributed by atoms with Crippen LogP contribution >= 0.6 is 0 Å². The molecular formula is C23H24N4O6. The number of hydrogen-bond acceptors (Lipinski definition) is 7. The predicted octanol–water partition coefficient (Wildman–Crippen LogP) is 4.47. The second-order valence-corrected chi connectivity index (χ2v) is 7.49. The smallest absolute Gasteiger partial charge is 0.356 e. The van der Waals surface area contributed by atoms with Gasteiger partial charge in [-0.05, 0) is 50.5 Å². The fourth-order valence-electron chi connectivity index (χ4n) is 3.22. The zero-order chi connectivity index (χ0) is 24.3. The monoisotopic (exact) mass is 452 g/mol. The number of benzene rings is 2. The Balaban J connectivity index is 1.90. The van der Waals surface area contributed by atoms with Gasteiger partial charge in [0.05, 0.1) is 23.3 Å². The maximum atomic E-state index is 12.7. The second kappa shape index (κ2) is 9.51. The van der Waals surface area contributed by atoms with Gasteiger partial charge in [0.15, 0.2) is 5.69 Å². The van der Waals surface area contributed by atoms with E-state index < -0.39 is 16.8 Å². The Morgan fingerprint density at radius 2 is 1.85 bits per heavy atom. The molecule has 3 rings (SSSR count). The molecule has 0 atom stereocenters. The van der Waals surface area contributed by atoms with E-state index in [1.165, 1.54) is 36.0 Å². The van der Waals surface area contributed by atoms with Crippen LogP contribution in [0.4, 0.5) is 11.4 Å². The van der Waals surface area contributed by atoms with E-state index in [1.54, 1.807) is 6.92 Å². The van der Waals surface area contributed by atoms with Crippen LogP contribution in [0.15, 0.2) is 36.4 Å². The summed E-state index contributed by atoms with van der Waals surface area (Å²) in [4.78, 5) is 35.5. The Morgan fingerprint density at radius 1 is 1.12 bits per heavy atom. The highest BCUT2D eigenvalue weighted by Gasteiger charge is 2.20. The minimum Gasteiger partial charge on any atom is -0.461 e. The predicted molar refractivity (Wildman–Crippen MR) is 121 cm³/mol. The molecule has 0 fully saturated rings. The number of nitrogens with zero attached hydrogens (tertiary/aromatic N) is 3. The van der Waals surface area contributed by atoms with Crippen molar-refractivity contribution >= 4 is 23.3 Å². The van der Waals surface area contributed by atoms with Crippen LogP contribution in [0.3, 0.4) is 0 Å². The number of anilines is 1. The van der Waals surface area contributed by atoms with E-state index >= 15 is 0 Å². The number of non-ortho nitro benzene ring substituents is 1. The van der Waals surface area contributed by atoms with Gasteiger partial charge < -0.3 is 14.8 Å². The molecule has 172 valence electrons. The molecule has 0 aliphatic heterocycles. The lowest BCUT2D eigenvalue weighted by Crippen LogP contribution is -2.13. The van der Waals surface area contributed by atoms with Crippen molar-refractivity contribution in [2.24, 2.45) is 7.05 Å². The number of nitrogens with one attached hydrogen (secondary N) is 1. The Kier molecular flexibility index (Phi) is 6.76. The number of amides is 1. The second-order valence-electron chi connectivity index (χ2n) is 7.49. The minimum atomic E-state index is -0.643. The molecule has 0 spiro atoms. The van der Waals surface area contributed by atoms with Gasteiger partial charge in [-0.25, -0.2) is 4.79 Å². The molecule has 33 heavy (non-hydrogen) atoms. The Bertz CT molecular complexity index is 1250. The van der Waals surface area contributed by atoms with Gasteiger partial charge in [0.1, 0.15) is 17.2 Å². The van der Waals surface area contributed by atoms with Gasteiger partial charge >= 0.3 is 5.97 Å². The van der Waals surface area contributed by atoms with Gasteiger partial charge in [0.25, 0.3) is 11.6 Å². The van der Waals surface area contributed by atoms with Crippen LogP contribution in [-0.2, 0) is 11.8 Å². The number of hydrogen-bond donors (Lipinski definition) is 1. The SMILES string of the molecule is CCOC(=O)c1cc(C(=O)Nc2cc(Oc3cc(C)cc(C)c3C)cc([N+](=O)[O-])c2)nn1C. The molecule has 3 aromatic rings. The summed E-state index contributed by atoms with van der Waals surface area (Å²) >= 11 is 0. The van der Waals surface area contributed by atoms with Crippen LogP contribution in [0, 0.1) is 30.9 Å². The highest BCUT2D eigenvalue weighted by molar-refractivity contribution is 6.04. The topological polar surface area (TPSA) is 126 Å². The molecule has 0 radical (unpaired) electrons. The highest BCUT2D eigenvalue weighted by atomic mass is 16.6. The fraction of sp³-hybridized carbons (Fsp3) is 0.261. The van der Waals surface area contributed by atoms with Crippen molar-refractivity contribution in [1.29, 1.82) is 0 Å². The third-order valence-electron chi connectivity index (χ3n) is 4.95. The quantitative estimate of drug-likeness (QED) is 0.318. The molecule has 0 aliphatic carbocycles. The molecule has 0 aliphatic rings. The van der Waals surface area contributed by atoms with Crippen LogP contribution in [-0.4, -0.2) is 33.2 Å². The summed E-state index contributed by atoms with van der Waals surface area (Å²) in [6.45, 7) is 7.62. The molecule has 0 unspecified atom stereocenters. The zero-order valence-electron chi connectivity index (χ0n) is 19.0. The van der Waals surface area contributed by atoms with Gasteiger partial charge in [-0.1, -0.05) is 6.07 Å². The summed E-state index contributed by atoms with van der Waals surface area (Å²) in [7, 11) is 1.51. The maximum absolute atomic E-state index is 12.7. The Hall–Kier alpha value is -4.21. The lowest BCUT2D eigenvalue weighted by atomic mass is 10.1.